The van der Waals surface area contributed by atoms with E-state index in [1.54, 1.807) is 4.57 Å². The van der Waals surface area contributed by atoms with Gasteiger partial charge in [0, 0.05) is 12.5 Å². The molecular weight excluding hydrogens is 434 g/mol. The first-order valence-corrected chi connectivity index (χ1v) is 13.5. The summed E-state index contributed by atoms with van der Waals surface area (Å²) in [7, 11) is 0. The van der Waals surface area contributed by atoms with Gasteiger partial charge in [0.05, 0.1) is 22.6 Å². The van der Waals surface area contributed by atoms with Gasteiger partial charge in [-0.15, -0.1) is 0 Å². The average Bonchev–Trinajstić information content (AvgIpc) is 2.91. The fourth-order valence-corrected chi connectivity index (χ4v) is 5.44. The molecule has 0 N–H and O–H groups in total. The smallest absolute Gasteiger partial charge is 0.266 e. The summed E-state index contributed by atoms with van der Waals surface area (Å²) in [4.78, 5) is 34.8. The van der Waals surface area contributed by atoms with Gasteiger partial charge in [-0.3, -0.25) is 14.2 Å². The first kappa shape index (κ1) is 25.2. The molecule has 0 spiro atoms. The molecular formula is C30H39N3O2. The van der Waals surface area contributed by atoms with E-state index < -0.39 is 0 Å². The molecule has 1 atom stereocenters. The van der Waals surface area contributed by atoms with Gasteiger partial charge < -0.3 is 4.90 Å². The topological polar surface area (TPSA) is 55.2 Å². The third-order valence-electron chi connectivity index (χ3n) is 7.50. The summed E-state index contributed by atoms with van der Waals surface area (Å²) >= 11 is 0. The van der Waals surface area contributed by atoms with Gasteiger partial charge in [0.15, 0.2) is 0 Å². The normalized spacial score (nSPS) is 15.3. The lowest BCUT2D eigenvalue weighted by Crippen LogP contribution is -2.41. The summed E-state index contributed by atoms with van der Waals surface area (Å²) < 4.78 is 1.77. The van der Waals surface area contributed by atoms with Crippen molar-refractivity contribution in [2.45, 2.75) is 84.6 Å². The van der Waals surface area contributed by atoms with Crippen molar-refractivity contribution in [3.8, 4) is 5.69 Å². The summed E-state index contributed by atoms with van der Waals surface area (Å²) in [6.45, 7) is 7.03. The number of hydrogen-bond acceptors (Lipinski definition) is 3. The van der Waals surface area contributed by atoms with E-state index in [1.807, 2.05) is 54.3 Å². The van der Waals surface area contributed by atoms with Crippen LogP contribution in [0.25, 0.3) is 16.6 Å². The van der Waals surface area contributed by atoms with E-state index in [9.17, 15) is 9.59 Å². The number of rotatable bonds is 9. The van der Waals surface area contributed by atoms with E-state index in [0.717, 1.165) is 62.6 Å². The highest BCUT2D eigenvalue weighted by Gasteiger charge is 2.32. The van der Waals surface area contributed by atoms with Crippen LogP contribution in [-0.2, 0) is 11.2 Å². The van der Waals surface area contributed by atoms with Gasteiger partial charge in [-0.1, -0.05) is 76.3 Å². The molecule has 0 aliphatic heterocycles. The lowest BCUT2D eigenvalue weighted by Gasteiger charge is -2.34. The monoisotopic (exact) mass is 473 g/mol. The van der Waals surface area contributed by atoms with Crippen LogP contribution in [0.2, 0.25) is 0 Å². The number of hydrogen-bond donors (Lipinski definition) is 0. The van der Waals surface area contributed by atoms with E-state index in [1.165, 1.54) is 6.42 Å². The average molecular weight is 474 g/mol. The van der Waals surface area contributed by atoms with Gasteiger partial charge in [0.25, 0.3) is 5.56 Å². The van der Waals surface area contributed by atoms with Crippen LogP contribution in [0.1, 0.15) is 89.6 Å². The van der Waals surface area contributed by atoms with Crippen LogP contribution in [0, 0.1) is 5.92 Å². The zero-order valence-electron chi connectivity index (χ0n) is 21.5. The van der Waals surface area contributed by atoms with E-state index in [-0.39, 0.29) is 23.4 Å². The number of nitrogens with zero attached hydrogens (tertiary/aromatic N) is 3. The molecule has 1 heterocycles. The number of carbonyl (C=O) groups is 1. The zero-order valence-corrected chi connectivity index (χ0v) is 21.5. The molecule has 1 aliphatic carbocycles. The van der Waals surface area contributed by atoms with Crippen LogP contribution >= 0.6 is 0 Å². The molecule has 1 unspecified atom stereocenters. The Bertz CT molecular complexity index is 1210. The largest absolute Gasteiger partial charge is 0.333 e. The fraction of sp³-hybridized carbons (Fsp3) is 0.500. The highest BCUT2D eigenvalue weighted by Crippen LogP contribution is 2.31. The van der Waals surface area contributed by atoms with Crippen molar-refractivity contribution >= 4 is 16.8 Å². The second kappa shape index (κ2) is 11.7. The third-order valence-corrected chi connectivity index (χ3v) is 7.50. The summed E-state index contributed by atoms with van der Waals surface area (Å²) in [6, 6.07) is 15.3. The maximum Gasteiger partial charge on any atom is 0.266 e. The molecule has 1 aliphatic rings. The number of benzene rings is 2. The van der Waals surface area contributed by atoms with Gasteiger partial charge in [-0.25, -0.2) is 4.98 Å². The molecule has 5 heteroatoms. The Morgan fingerprint density at radius 3 is 2.49 bits per heavy atom. The Morgan fingerprint density at radius 2 is 1.74 bits per heavy atom. The van der Waals surface area contributed by atoms with E-state index in [0.29, 0.717) is 23.3 Å². The van der Waals surface area contributed by atoms with Crippen LogP contribution in [-0.4, -0.2) is 26.9 Å². The minimum atomic E-state index is -0.302. The molecule has 4 rings (SSSR count). The minimum Gasteiger partial charge on any atom is -0.333 e. The van der Waals surface area contributed by atoms with Crippen molar-refractivity contribution in [2.75, 3.05) is 6.54 Å². The number of carbonyl (C=O) groups excluding carboxylic acids is 1. The van der Waals surface area contributed by atoms with Crippen molar-refractivity contribution in [1.82, 2.24) is 14.5 Å². The van der Waals surface area contributed by atoms with Gasteiger partial charge in [0.1, 0.15) is 5.82 Å². The van der Waals surface area contributed by atoms with Crippen molar-refractivity contribution in [2.24, 2.45) is 5.92 Å². The predicted octanol–water partition coefficient (Wildman–Crippen LogP) is 6.61. The van der Waals surface area contributed by atoms with Gasteiger partial charge in [0.2, 0.25) is 5.91 Å². The number of fused-ring (bicyclic) bond motifs is 1. The molecule has 1 fully saturated rings. The lowest BCUT2D eigenvalue weighted by atomic mass is 9.88. The molecule has 1 amide bonds. The van der Waals surface area contributed by atoms with Crippen LogP contribution in [0.3, 0.4) is 0 Å². The van der Waals surface area contributed by atoms with E-state index in [2.05, 4.69) is 19.9 Å². The summed E-state index contributed by atoms with van der Waals surface area (Å²) in [5.41, 5.74) is 2.56. The number of para-hydroxylation sites is 2. The van der Waals surface area contributed by atoms with Crippen LogP contribution < -0.4 is 5.56 Å². The fourth-order valence-electron chi connectivity index (χ4n) is 5.44. The summed E-state index contributed by atoms with van der Waals surface area (Å²) in [5.74, 6) is 0.956. The highest BCUT2D eigenvalue weighted by atomic mass is 16.2. The molecule has 3 aromatic rings. The molecule has 2 aromatic carbocycles. The van der Waals surface area contributed by atoms with Crippen LogP contribution in [0.4, 0.5) is 0 Å². The predicted molar refractivity (Wildman–Crippen MR) is 143 cm³/mol. The summed E-state index contributed by atoms with van der Waals surface area (Å²) in [5, 5.41) is 0.602. The second-order valence-corrected chi connectivity index (χ2v) is 9.86. The van der Waals surface area contributed by atoms with Gasteiger partial charge in [-0.05, 0) is 56.4 Å². The molecule has 0 bridgehead atoms. The van der Waals surface area contributed by atoms with Gasteiger partial charge in [-0.2, -0.15) is 0 Å². The number of unbranched alkanes of at least 4 members (excludes halogenated alkanes) is 2. The van der Waals surface area contributed by atoms with E-state index in [4.69, 9.17) is 4.98 Å². The van der Waals surface area contributed by atoms with Gasteiger partial charge >= 0.3 is 0 Å². The maximum absolute atomic E-state index is 13.9. The highest BCUT2D eigenvalue weighted by molar-refractivity contribution is 5.80. The second-order valence-electron chi connectivity index (χ2n) is 9.86. The molecule has 0 radical (unpaired) electrons. The molecule has 1 saturated carbocycles. The van der Waals surface area contributed by atoms with Crippen LogP contribution in [0.5, 0.6) is 0 Å². The Labute approximate surface area is 209 Å². The van der Waals surface area contributed by atoms with E-state index >= 15 is 0 Å². The standard InChI is InChI=1S/C30H39N3O2/c1-4-6-14-21-32(29(34)24-16-8-7-9-17-24)22(3)28-31-26-19-12-11-18-25(26)30(35)33(28)27-20-13-10-15-23(27)5-2/h10-13,15,18-20,22,24H,4-9,14,16-17,21H2,1-3H3. The number of amides is 1. The zero-order chi connectivity index (χ0) is 24.8. The molecule has 35 heavy (non-hydrogen) atoms. The lowest BCUT2D eigenvalue weighted by molar-refractivity contribution is -0.139. The van der Waals surface area contributed by atoms with Crippen molar-refractivity contribution in [3.05, 3.63) is 70.3 Å². The van der Waals surface area contributed by atoms with Crippen molar-refractivity contribution in [1.29, 1.82) is 0 Å². The molecule has 0 saturated heterocycles. The quantitative estimate of drug-likeness (QED) is 0.329. The SMILES string of the molecule is CCCCCN(C(=O)C1CCCCC1)C(C)c1nc2ccccc2c(=O)n1-c1ccccc1CC. The third kappa shape index (κ3) is 5.34. The Kier molecular flexibility index (Phi) is 8.37. The number of aryl methyl sites for hydroxylation is 1. The molecule has 1 aromatic heterocycles. The molecule has 186 valence electrons. The van der Waals surface area contributed by atoms with Crippen molar-refractivity contribution in [3.63, 3.8) is 0 Å². The Morgan fingerprint density at radius 1 is 1.03 bits per heavy atom. The first-order valence-electron chi connectivity index (χ1n) is 13.5. The van der Waals surface area contributed by atoms with Crippen molar-refractivity contribution < 1.29 is 4.79 Å². The summed E-state index contributed by atoms with van der Waals surface area (Å²) in [6.07, 6.45) is 9.34. The first-order chi connectivity index (χ1) is 17.1. The number of aromatic nitrogens is 2. The minimum absolute atomic E-state index is 0.0722. The maximum atomic E-state index is 13.9. The Balaban J connectivity index is 1.86. The van der Waals surface area contributed by atoms with Crippen LogP contribution in [0.15, 0.2) is 53.3 Å². The Hall–Kier alpha value is -2.95. The molecule has 5 nitrogen and oxygen atoms in total.